The number of alkyl halides is 3. The Bertz CT molecular complexity index is 593. The van der Waals surface area contributed by atoms with Gasteiger partial charge >= 0.3 is 6.18 Å². The summed E-state index contributed by atoms with van der Waals surface area (Å²) < 4.78 is 53.2. The summed E-state index contributed by atoms with van der Waals surface area (Å²) in [6.45, 7) is 0.666. The van der Waals surface area contributed by atoms with Crippen LogP contribution in [0.15, 0.2) is 18.2 Å². The summed E-state index contributed by atoms with van der Waals surface area (Å²) in [5.74, 6) is -1.44. The fraction of sp³-hybridized carbons (Fsp3) is 0.364. The maximum absolute atomic E-state index is 14.0. The van der Waals surface area contributed by atoms with Crippen molar-refractivity contribution < 1.29 is 17.6 Å². The Morgan fingerprint density at radius 2 is 2.00 bits per heavy atom. The third-order valence-electron chi connectivity index (χ3n) is 2.65. The van der Waals surface area contributed by atoms with Crippen LogP contribution in [-0.2, 0) is 12.7 Å². The van der Waals surface area contributed by atoms with Crippen molar-refractivity contribution in [3.63, 3.8) is 0 Å². The van der Waals surface area contributed by atoms with Crippen molar-refractivity contribution in [1.82, 2.24) is 20.2 Å². The molecule has 0 aliphatic carbocycles. The highest BCUT2D eigenvalue weighted by Gasteiger charge is 2.35. The number of tetrazole rings is 1. The second-order valence-electron chi connectivity index (χ2n) is 4.03. The second-order valence-corrected chi connectivity index (χ2v) is 4.03. The molecule has 2 aromatic rings. The summed E-state index contributed by atoms with van der Waals surface area (Å²) in [6.07, 6.45) is -4.24. The largest absolute Gasteiger partial charge is 0.419 e. The molecule has 5 nitrogen and oxygen atoms in total. The number of hydrogen-bond acceptors (Lipinski definition) is 4. The minimum atomic E-state index is -4.77. The lowest BCUT2D eigenvalue weighted by atomic mass is 10.1. The van der Waals surface area contributed by atoms with Gasteiger partial charge in [-0.25, -0.2) is 9.07 Å². The van der Waals surface area contributed by atoms with Crippen LogP contribution < -0.4 is 5.73 Å². The molecule has 2 rings (SSSR count). The van der Waals surface area contributed by atoms with Gasteiger partial charge in [-0.05, 0) is 35.5 Å². The Balaban J connectivity index is 2.46. The average molecular weight is 289 g/mol. The third-order valence-corrected chi connectivity index (χ3v) is 2.65. The molecule has 0 amide bonds. The molecule has 2 N–H and O–H groups in total. The van der Waals surface area contributed by atoms with Gasteiger partial charge in [0.05, 0.1) is 11.1 Å². The number of hydrogen-bond donors (Lipinski definition) is 1. The first kappa shape index (κ1) is 14.4. The van der Waals surface area contributed by atoms with E-state index < -0.39 is 17.6 Å². The van der Waals surface area contributed by atoms with E-state index in [0.717, 1.165) is 6.07 Å². The Hall–Kier alpha value is -2.03. The molecule has 0 saturated carbocycles. The maximum atomic E-state index is 14.0. The van der Waals surface area contributed by atoms with Gasteiger partial charge < -0.3 is 5.73 Å². The SMILES string of the molecule is NCCCn1nnnc1-c1cccc(C(F)(F)F)c1F. The molecule has 0 fully saturated rings. The van der Waals surface area contributed by atoms with E-state index in [1.54, 1.807) is 0 Å². The highest BCUT2D eigenvalue weighted by atomic mass is 19.4. The Kier molecular flexibility index (Phi) is 3.98. The summed E-state index contributed by atoms with van der Waals surface area (Å²) in [6, 6.07) is 2.99. The van der Waals surface area contributed by atoms with Crippen LogP contribution in [0.3, 0.4) is 0 Å². The van der Waals surface area contributed by atoms with Crippen LogP contribution >= 0.6 is 0 Å². The molecule has 0 atom stereocenters. The molecule has 9 heteroatoms. The van der Waals surface area contributed by atoms with E-state index in [1.807, 2.05) is 0 Å². The van der Waals surface area contributed by atoms with Gasteiger partial charge in [0.1, 0.15) is 5.82 Å². The number of nitrogens with two attached hydrogens (primary N) is 1. The van der Waals surface area contributed by atoms with E-state index >= 15 is 0 Å². The molecule has 0 radical (unpaired) electrons. The first-order chi connectivity index (χ1) is 9.45. The molecule has 0 aliphatic heterocycles. The van der Waals surface area contributed by atoms with Crippen molar-refractivity contribution in [1.29, 1.82) is 0 Å². The molecule has 108 valence electrons. The van der Waals surface area contributed by atoms with Gasteiger partial charge in [0.25, 0.3) is 0 Å². The van der Waals surface area contributed by atoms with Gasteiger partial charge in [0.2, 0.25) is 0 Å². The van der Waals surface area contributed by atoms with Gasteiger partial charge in [0, 0.05) is 6.54 Å². The summed E-state index contributed by atoms with van der Waals surface area (Å²) in [7, 11) is 0. The van der Waals surface area contributed by atoms with Crippen molar-refractivity contribution in [2.24, 2.45) is 5.73 Å². The van der Waals surface area contributed by atoms with Crippen LogP contribution in [0.1, 0.15) is 12.0 Å². The molecule has 0 bridgehead atoms. The fourth-order valence-electron chi connectivity index (χ4n) is 1.71. The van der Waals surface area contributed by atoms with Gasteiger partial charge in [-0.3, -0.25) is 0 Å². The minimum Gasteiger partial charge on any atom is -0.330 e. The summed E-state index contributed by atoms with van der Waals surface area (Å²) in [5, 5.41) is 10.6. The summed E-state index contributed by atoms with van der Waals surface area (Å²) in [4.78, 5) is 0. The van der Waals surface area contributed by atoms with E-state index in [4.69, 9.17) is 5.73 Å². The van der Waals surface area contributed by atoms with Gasteiger partial charge in [-0.1, -0.05) is 6.07 Å². The number of aryl methyl sites for hydroxylation is 1. The molecule has 0 saturated heterocycles. The molecule has 0 aliphatic rings. The highest BCUT2D eigenvalue weighted by molar-refractivity contribution is 5.57. The van der Waals surface area contributed by atoms with Crippen molar-refractivity contribution >= 4 is 0 Å². The van der Waals surface area contributed by atoms with E-state index in [9.17, 15) is 17.6 Å². The van der Waals surface area contributed by atoms with E-state index in [1.165, 1.54) is 10.7 Å². The molecule has 20 heavy (non-hydrogen) atoms. The van der Waals surface area contributed by atoms with Gasteiger partial charge in [-0.15, -0.1) is 5.10 Å². The molecule has 1 heterocycles. The number of benzene rings is 1. The van der Waals surface area contributed by atoms with Crippen LogP contribution in [0, 0.1) is 5.82 Å². The second kappa shape index (κ2) is 5.53. The molecular weight excluding hydrogens is 278 g/mol. The van der Waals surface area contributed by atoms with E-state index in [0.29, 0.717) is 25.6 Å². The fourth-order valence-corrected chi connectivity index (χ4v) is 1.71. The van der Waals surface area contributed by atoms with Crippen LogP contribution in [-0.4, -0.2) is 26.8 Å². The van der Waals surface area contributed by atoms with E-state index in [-0.39, 0.29) is 11.4 Å². The number of halogens is 4. The number of nitrogens with zero attached hydrogens (tertiary/aromatic N) is 4. The van der Waals surface area contributed by atoms with Crippen molar-refractivity contribution in [2.75, 3.05) is 6.54 Å². The monoisotopic (exact) mass is 289 g/mol. The Morgan fingerprint density at radius 1 is 1.25 bits per heavy atom. The van der Waals surface area contributed by atoms with Gasteiger partial charge in [-0.2, -0.15) is 13.2 Å². The topological polar surface area (TPSA) is 69.6 Å². The predicted octanol–water partition coefficient (Wildman–Crippen LogP) is 1.85. The standard InChI is InChI=1S/C11H11F4N5/c12-9-7(3-1-4-8(9)11(13,14)15)10-17-18-19-20(10)6-2-5-16/h1,3-4H,2,5-6,16H2. The lowest BCUT2D eigenvalue weighted by Crippen LogP contribution is -2.11. The summed E-state index contributed by atoms with van der Waals surface area (Å²) >= 11 is 0. The molecular formula is C11H11F4N5. The third kappa shape index (κ3) is 2.77. The van der Waals surface area contributed by atoms with Crippen molar-refractivity contribution in [3.8, 4) is 11.4 Å². The zero-order valence-corrected chi connectivity index (χ0v) is 10.2. The van der Waals surface area contributed by atoms with Crippen LogP contribution in [0.5, 0.6) is 0 Å². The molecule has 1 aromatic carbocycles. The van der Waals surface area contributed by atoms with Gasteiger partial charge in [0.15, 0.2) is 5.82 Å². The van der Waals surface area contributed by atoms with Crippen molar-refractivity contribution in [2.45, 2.75) is 19.1 Å². The van der Waals surface area contributed by atoms with Crippen LogP contribution in [0.25, 0.3) is 11.4 Å². The predicted molar refractivity (Wildman–Crippen MR) is 61.9 cm³/mol. The minimum absolute atomic E-state index is 0.0537. The Morgan fingerprint density at radius 3 is 2.65 bits per heavy atom. The van der Waals surface area contributed by atoms with Crippen LogP contribution in [0.2, 0.25) is 0 Å². The quantitative estimate of drug-likeness (QED) is 0.872. The summed E-state index contributed by atoms with van der Waals surface area (Å²) in [5.41, 5.74) is 3.71. The van der Waals surface area contributed by atoms with Crippen LogP contribution in [0.4, 0.5) is 17.6 Å². The lowest BCUT2D eigenvalue weighted by Gasteiger charge is -2.11. The zero-order valence-electron chi connectivity index (χ0n) is 10.2. The number of aromatic nitrogens is 4. The lowest BCUT2D eigenvalue weighted by molar-refractivity contribution is -0.139. The molecule has 0 spiro atoms. The smallest absolute Gasteiger partial charge is 0.330 e. The van der Waals surface area contributed by atoms with Crippen molar-refractivity contribution in [3.05, 3.63) is 29.6 Å². The molecule has 0 unspecified atom stereocenters. The highest BCUT2D eigenvalue weighted by Crippen LogP contribution is 2.34. The first-order valence-corrected chi connectivity index (χ1v) is 5.77. The number of rotatable bonds is 4. The zero-order chi connectivity index (χ0) is 14.8. The maximum Gasteiger partial charge on any atom is 0.419 e. The average Bonchev–Trinajstić information content (AvgIpc) is 2.83. The molecule has 1 aromatic heterocycles. The normalized spacial score (nSPS) is 11.8. The Labute approximate surface area is 111 Å². The first-order valence-electron chi connectivity index (χ1n) is 5.77. The van der Waals surface area contributed by atoms with E-state index in [2.05, 4.69) is 15.5 Å².